The van der Waals surface area contributed by atoms with Gasteiger partial charge >= 0.3 is 0 Å². The highest BCUT2D eigenvalue weighted by Crippen LogP contribution is 2.17. The van der Waals surface area contributed by atoms with Gasteiger partial charge in [0.25, 0.3) is 0 Å². The van der Waals surface area contributed by atoms with Crippen LogP contribution in [0.3, 0.4) is 0 Å². The van der Waals surface area contributed by atoms with E-state index >= 15 is 0 Å². The van der Waals surface area contributed by atoms with Crippen LogP contribution in [-0.4, -0.2) is 22.5 Å². The lowest BCUT2D eigenvalue weighted by molar-refractivity contribution is 0.972. The fraction of sp³-hybridized carbons (Fsp3) is 0.125. The molecule has 0 aliphatic heterocycles. The summed E-state index contributed by atoms with van der Waals surface area (Å²) in [5.74, 6) is 1.08. The predicted molar refractivity (Wildman–Crippen MR) is 86.4 cm³/mol. The lowest BCUT2D eigenvalue weighted by Crippen LogP contribution is -2.23. The van der Waals surface area contributed by atoms with Gasteiger partial charge < -0.3 is 16.0 Å². The summed E-state index contributed by atoms with van der Waals surface area (Å²) in [5, 5.41) is 4.21. The zero-order valence-corrected chi connectivity index (χ0v) is 11.6. The molecule has 1 aromatic carbocycles. The molecule has 0 fully saturated rings. The maximum absolute atomic E-state index is 5.86. The first-order valence-electron chi connectivity index (χ1n) is 6.86. The number of hydrogen-bond donors (Lipinski definition) is 3. The Morgan fingerprint density at radius 2 is 2.14 bits per heavy atom. The van der Waals surface area contributed by atoms with Gasteiger partial charge in [-0.15, -0.1) is 0 Å². The number of aromatic nitrogens is 2. The topological polar surface area (TPSA) is 79.1 Å². The molecule has 0 saturated heterocycles. The van der Waals surface area contributed by atoms with Gasteiger partial charge in [0.15, 0.2) is 5.96 Å². The molecule has 5 heteroatoms. The summed E-state index contributed by atoms with van der Waals surface area (Å²) in [6, 6.07) is 13.9. The molecule has 0 saturated carbocycles. The maximum atomic E-state index is 5.86. The molecule has 0 atom stereocenters. The average molecular weight is 279 g/mol. The molecule has 0 aliphatic carbocycles. The van der Waals surface area contributed by atoms with Crippen molar-refractivity contribution >= 4 is 22.7 Å². The van der Waals surface area contributed by atoms with Crippen LogP contribution in [0.25, 0.3) is 10.9 Å². The van der Waals surface area contributed by atoms with Crippen LogP contribution < -0.4 is 11.1 Å². The van der Waals surface area contributed by atoms with Crippen LogP contribution in [0.15, 0.2) is 59.9 Å². The molecular formula is C16H17N5. The van der Waals surface area contributed by atoms with Crippen LogP contribution in [0.5, 0.6) is 0 Å². The number of H-pyrrole nitrogens is 1. The fourth-order valence-corrected chi connectivity index (χ4v) is 2.27. The van der Waals surface area contributed by atoms with Crippen molar-refractivity contribution in [1.29, 1.82) is 0 Å². The van der Waals surface area contributed by atoms with E-state index in [1.165, 1.54) is 10.9 Å². The van der Waals surface area contributed by atoms with E-state index < -0.39 is 0 Å². The zero-order chi connectivity index (χ0) is 14.5. The molecule has 4 N–H and O–H groups in total. The number of hydrogen-bond acceptors (Lipinski definition) is 2. The largest absolute Gasteiger partial charge is 0.370 e. The lowest BCUT2D eigenvalue weighted by atomic mass is 10.1. The minimum Gasteiger partial charge on any atom is -0.370 e. The Balaban J connectivity index is 1.62. The third kappa shape index (κ3) is 3.20. The van der Waals surface area contributed by atoms with Crippen molar-refractivity contribution < 1.29 is 0 Å². The average Bonchev–Trinajstić information content (AvgIpc) is 2.97. The number of aromatic amines is 1. The number of anilines is 1. The quantitative estimate of drug-likeness (QED) is 0.507. The molecule has 2 aromatic heterocycles. The van der Waals surface area contributed by atoms with Gasteiger partial charge in [0.05, 0.1) is 0 Å². The van der Waals surface area contributed by atoms with Gasteiger partial charge in [-0.25, -0.2) is 4.98 Å². The van der Waals surface area contributed by atoms with Crippen molar-refractivity contribution in [3.8, 4) is 0 Å². The summed E-state index contributed by atoms with van der Waals surface area (Å²) in [7, 11) is 0. The van der Waals surface area contributed by atoms with E-state index in [1.807, 2.05) is 30.5 Å². The highest BCUT2D eigenvalue weighted by Gasteiger charge is 2.01. The number of guanidine groups is 1. The standard InChI is InChI=1S/C16H17N5/c17-16(21-15-6-1-2-9-19-15)20-10-7-12-4-3-5-14-13(12)8-11-18-14/h1-6,8-9,11,18H,7,10H2,(H3,17,19,20,21). The van der Waals surface area contributed by atoms with Gasteiger partial charge in [0.2, 0.25) is 0 Å². The number of fused-ring (bicyclic) bond motifs is 1. The second-order valence-electron chi connectivity index (χ2n) is 4.71. The number of nitrogens with zero attached hydrogens (tertiary/aromatic N) is 2. The number of aliphatic imine (C=N–C) groups is 1. The van der Waals surface area contributed by atoms with Crippen LogP contribution in [0, 0.1) is 0 Å². The number of nitrogens with two attached hydrogens (primary N) is 1. The van der Waals surface area contributed by atoms with E-state index in [0.717, 1.165) is 11.9 Å². The molecule has 0 aliphatic rings. The van der Waals surface area contributed by atoms with E-state index in [9.17, 15) is 0 Å². The molecule has 0 unspecified atom stereocenters. The molecule has 5 nitrogen and oxygen atoms in total. The second-order valence-corrected chi connectivity index (χ2v) is 4.71. The molecule has 0 radical (unpaired) electrons. The summed E-state index contributed by atoms with van der Waals surface area (Å²) in [5.41, 5.74) is 8.27. The predicted octanol–water partition coefficient (Wildman–Crippen LogP) is 2.53. The Bertz CT molecular complexity index is 745. The summed E-state index contributed by atoms with van der Waals surface area (Å²) in [6.07, 6.45) is 4.51. The van der Waals surface area contributed by atoms with E-state index in [0.29, 0.717) is 18.3 Å². The molecule has 0 spiro atoms. The number of rotatable bonds is 4. The summed E-state index contributed by atoms with van der Waals surface area (Å²) in [6.45, 7) is 0.635. The Morgan fingerprint density at radius 1 is 1.19 bits per heavy atom. The first-order valence-corrected chi connectivity index (χ1v) is 6.86. The van der Waals surface area contributed by atoms with Crippen molar-refractivity contribution in [2.24, 2.45) is 10.7 Å². The molecule has 21 heavy (non-hydrogen) atoms. The highest BCUT2D eigenvalue weighted by atomic mass is 15.1. The maximum Gasteiger partial charge on any atom is 0.194 e. The van der Waals surface area contributed by atoms with Crippen molar-refractivity contribution in [3.63, 3.8) is 0 Å². The Hall–Kier alpha value is -2.82. The summed E-state index contributed by atoms with van der Waals surface area (Å²) >= 11 is 0. The fourth-order valence-electron chi connectivity index (χ4n) is 2.27. The van der Waals surface area contributed by atoms with Gasteiger partial charge in [0, 0.05) is 29.8 Å². The van der Waals surface area contributed by atoms with Crippen LogP contribution in [0.1, 0.15) is 5.56 Å². The molecule has 3 rings (SSSR count). The van der Waals surface area contributed by atoms with Crippen molar-refractivity contribution in [2.75, 3.05) is 11.9 Å². The summed E-state index contributed by atoms with van der Waals surface area (Å²) < 4.78 is 0. The van der Waals surface area contributed by atoms with Gasteiger partial charge in [-0.3, -0.25) is 4.99 Å². The highest BCUT2D eigenvalue weighted by molar-refractivity contribution is 5.91. The smallest absolute Gasteiger partial charge is 0.194 e. The lowest BCUT2D eigenvalue weighted by Gasteiger charge is -2.05. The first kappa shape index (κ1) is 13.2. The van der Waals surface area contributed by atoms with Crippen molar-refractivity contribution in [1.82, 2.24) is 9.97 Å². The molecule has 106 valence electrons. The van der Waals surface area contributed by atoms with E-state index in [-0.39, 0.29) is 0 Å². The monoisotopic (exact) mass is 279 g/mol. The third-order valence-electron chi connectivity index (χ3n) is 3.27. The normalized spacial score (nSPS) is 11.7. The Morgan fingerprint density at radius 3 is 3.00 bits per heavy atom. The van der Waals surface area contributed by atoms with Crippen LogP contribution in [0.4, 0.5) is 5.82 Å². The van der Waals surface area contributed by atoms with Crippen molar-refractivity contribution in [2.45, 2.75) is 6.42 Å². The van der Waals surface area contributed by atoms with Crippen molar-refractivity contribution in [3.05, 3.63) is 60.4 Å². The van der Waals surface area contributed by atoms with Gasteiger partial charge in [-0.05, 0) is 36.2 Å². The Labute approximate surface area is 122 Å². The van der Waals surface area contributed by atoms with E-state index in [4.69, 9.17) is 5.73 Å². The number of benzene rings is 1. The third-order valence-corrected chi connectivity index (χ3v) is 3.27. The van der Waals surface area contributed by atoms with Crippen LogP contribution in [0.2, 0.25) is 0 Å². The SMILES string of the molecule is NC(=NCCc1cccc2[nH]ccc12)Nc1ccccn1. The Kier molecular flexibility index (Phi) is 3.82. The molecule has 0 amide bonds. The minimum atomic E-state index is 0.384. The number of pyridine rings is 1. The van der Waals surface area contributed by atoms with E-state index in [1.54, 1.807) is 6.20 Å². The summed E-state index contributed by atoms with van der Waals surface area (Å²) in [4.78, 5) is 11.7. The van der Waals surface area contributed by atoms with Crippen LogP contribution >= 0.6 is 0 Å². The molecule has 2 heterocycles. The molecule has 3 aromatic rings. The molecule has 0 bridgehead atoms. The zero-order valence-electron chi connectivity index (χ0n) is 11.6. The minimum absolute atomic E-state index is 0.384. The second kappa shape index (κ2) is 6.09. The van der Waals surface area contributed by atoms with E-state index in [2.05, 4.69) is 38.5 Å². The first-order chi connectivity index (χ1) is 10.3. The van der Waals surface area contributed by atoms with Gasteiger partial charge in [-0.1, -0.05) is 18.2 Å². The van der Waals surface area contributed by atoms with Crippen LogP contribution in [-0.2, 0) is 6.42 Å². The number of nitrogens with one attached hydrogen (secondary N) is 2. The van der Waals surface area contributed by atoms with Gasteiger partial charge in [0.1, 0.15) is 5.82 Å². The molecular weight excluding hydrogens is 262 g/mol. The van der Waals surface area contributed by atoms with Gasteiger partial charge in [-0.2, -0.15) is 0 Å².